The summed E-state index contributed by atoms with van der Waals surface area (Å²) in [7, 11) is 0. The maximum absolute atomic E-state index is 8.71. The number of rotatable bonds is 4. The quantitative estimate of drug-likeness (QED) is 0.334. The van der Waals surface area contributed by atoms with Crippen molar-refractivity contribution in [2.24, 2.45) is 10.9 Å². The molecule has 3 heterocycles. The summed E-state index contributed by atoms with van der Waals surface area (Å²) < 4.78 is 2.05. The zero-order valence-electron chi connectivity index (χ0n) is 11.0. The van der Waals surface area contributed by atoms with Crippen molar-refractivity contribution < 1.29 is 5.21 Å². The van der Waals surface area contributed by atoms with E-state index in [9.17, 15) is 0 Å². The average molecular weight is 299 g/mol. The lowest BCUT2D eigenvalue weighted by Crippen LogP contribution is -2.15. The topological polar surface area (TPSA) is 89.3 Å². The highest BCUT2D eigenvalue weighted by Gasteiger charge is 2.08. The van der Waals surface area contributed by atoms with Gasteiger partial charge in [-0.2, -0.15) is 0 Å². The van der Waals surface area contributed by atoms with Crippen LogP contribution in [0.5, 0.6) is 0 Å². The van der Waals surface area contributed by atoms with Crippen LogP contribution in [0.4, 0.5) is 0 Å². The van der Waals surface area contributed by atoms with Gasteiger partial charge in [0, 0.05) is 25.1 Å². The summed E-state index contributed by atoms with van der Waals surface area (Å²) in [6, 6.07) is 7.74. The van der Waals surface area contributed by atoms with Gasteiger partial charge in [0.2, 0.25) is 0 Å². The fourth-order valence-electron chi connectivity index (χ4n) is 2.03. The number of pyridine rings is 1. The molecule has 0 saturated carbocycles. The molecule has 3 N–H and O–H groups in total. The second kappa shape index (κ2) is 5.76. The fourth-order valence-corrected chi connectivity index (χ4v) is 2.76. The Labute approximate surface area is 125 Å². The van der Waals surface area contributed by atoms with E-state index >= 15 is 0 Å². The minimum atomic E-state index is 0.000890. The van der Waals surface area contributed by atoms with Gasteiger partial charge in [0.15, 0.2) is 5.84 Å². The largest absolute Gasteiger partial charge is 0.409 e. The predicted molar refractivity (Wildman–Crippen MR) is 81.4 cm³/mol. The molecule has 0 amide bonds. The first kappa shape index (κ1) is 13.3. The van der Waals surface area contributed by atoms with E-state index < -0.39 is 0 Å². The standard InChI is InChI=1S/C14H13N5OS/c15-13(18-20)11-8-10(3-4-16-11)9-19-6-5-17-14(19)12-2-1-7-21-12/h1-8,20H,9H2,(H2,15,18). The number of oxime groups is 1. The summed E-state index contributed by atoms with van der Waals surface area (Å²) in [5.74, 6) is 0.924. The van der Waals surface area contributed by atoms with Crippen LogP contribution in [0.3, 0.4) is 0 Å². The van der Waals surface area contributed by atoms with E-state index in [-0.39, 0.29) is 5.84 Å². The SMILES string of the molecule is NC(=NO)c1cc(Cn2ccnc2-c2cccs2)ccn1. The molecule has 0 unspecified atom stereocenters. The van der Waals surface area contributed by atoms with Gasteiger partial charge < -0.3 is 15.5 Å². The Hall–Kier alpha value is -2.67. The lowest BCUT2D eigenvalue weighted by Gasteiger charge is -2.07. The van der Waals surface area contributed by atoms with E-state index in [1.807, 2.05) is 29.8 Å². The minimum absolute atomic E-state index is 0.000890. The Morgan fingerprint density at radius 3 is 3.00 bits per heavy atom. The summed E-state index contributed by atoms with van der Waals surface area (Å²) in [5, 5.41) is 13.7. The number of imidazole rings is 1. The van der Waals surface area contributed by atoms with Crippen molar-refractivity contribution in [2.45, 2.75) is 6.54 Å². The molecule has 3 rings (SSSR count). The van der Waals surface area contributed by atoms with Gasteiger partial charge in [-0.15, -0.1) is 11.3 Å². The molecule has 0 aromatic carbocycles. The lowest BCUT2D eigenvalue weighted by atomic mass is 10.2. The minimum Gasteiger partial charge on any atom is -0.409 e. The third kappa shape index (κ3) is 2.77. The Bertz CT molecular complexity index is 763. The highest BCUT2D eigenvalue weighted by molar-refractivity contribution is 7.13. The highest BCUT2D eigenvalue weighted by Crippen LogP contribution is 2.23. The summed E-state index contributed by atoms with van der Waals surface area (Å²) in [6.45, 7) is 0.640. The molecule has 0 radical (unpaired) electrons. The van der Waals surface area contributed by atoms with E-state index in [2.05, 4.69) is 19.7 Å². The van der Waals surface area contributed by atoms with E-state index in [0.29, 0.717) is 12.2 Å². The first-order valence-corrected chi connectivity index (χ1v) is 7.13. The molecule has 0 bridgehead atoms. The summed E-state index contributed by atoms with van der Waals surface area (Å²) >= 11 is 1.65. The van der Waals surface area contributed by atoms with Gasteiger partial charge in [0.05, 0.1) is 4.88 Å². The summed E-state index contributed by atoms with van der Waals surface area (Å²) in [4.78, 5) is 9.59. The molecule has 21 heavy (non-hydrogen) atoms. The van der Waals surface area contributed by atoms with Crippen LogP contribution in [0.15, 0.2) is 53.4 Å². The molecular weight excluding hydrogens is 286 g/mol. The molecule has 3 aromatic heterocycles. The smallest absolute Gasteiger partial charge is 0.188 e. The second-order valence-electron chi connectivity index (χ2n) is 4.39. The van der Waals surface area contributed by atoms with Crippen LogP contribution in [0.25, 0.3) is 10.7 Å². The van der Waals surface area contributed by atoms with Crippen molar-refractivity contribution in [2.75, 3.05) is 0 Å². The lowest BCUT2D eigenvalue weighted by molar-refractivity contribution is 0.318. The van der Waals surface area contributed by atoms with Crippen LogP contribution < -0.4 is 5.73 Å². The molecular formula is C14H13N5OS. The predicted octanol–water partition coefficient (Wildman–Crippen LogP) is 2.15. The molecule has 6 nitrogen and oxygen atoms in total. The number of amidine groups is 1. The van der Waals surface area contributed by atoms with Crippen molar-refractivity contribution in [1.82, 2.24) is 14.5 Å². The van der Waals surface area contributed by atoms with Crippen molar-refractivity contribution >= 4 is 17.2 Å². The van der Waals surface area contributed by atoms with Gasteiger partial charge in [0.25, 0.3) is 0 Å². The molecule has 0 atom stereocenters. The van der Waals surface area contributed by atoms with E-state index in [1.165, 1.54) is 0 Å². The van der Waals surface area contributed by atoms with Crippen molar-refractivity contribution in [3.63, 3.8) is 0 Å². The van der Waals surface area contributed by atoms with Crippen LogP contribution in [0.2, 0.25) is 0 Å². The third-order valence-corrected chi connectivity index (χ3v) is 3.87. The molecule has 3 aromatic rings. The van der Waals surface area contributed by atoms with Crippen LogP contribution >= 0.6 is 11.3 Å². The monoisotopic (exact) mass is 299 g/mol. The van der Waals surface area contributed by atoms with Gasteiger partial charge in [-0.1, -0.05) is 11.2 Å². The zero-order chi connectivity index (χ0) is 14.7. The first-order chi connectivity index (χ1) is 10.3. The molecule has 0 fully saturated rings. The molecule has 0 aliphatic carbocycles. The zero-order valence-corrected chi connectivity index (χ0v) is 11.9. The van der Waals surface area contributed by atoms with Gasteiger partial charge in [-0.3, -0.25) is 4.98 Å². The first-order valence-electron chi connectivity index (χ1n) is 6.26. The van der Waals surface area contributed by atoms with Crippen LogP contribution in [0.1, 0.15) is 11.3 Å². The molecule has 0 aliphatic rings. The van der Waals surface area contributed by atoms with Gasteiger partial charge in [-0.05, 0) is 29.1 Å². The fraction of sp³-hybridized carbons (Fsp3) is 0.0714. The molecule has 7 heteroatoms. The molecule has 0 aliphatic heterocycles. The van der Waals surface area contributed by atoms with E-state index in [4.69, 9.17) is 10.9 Å². The van der Waals surface area contributed by atoms with Gasteiger partial charge in [-0.25, -0.2) is 4.98 Å². The number of aromatic nitrogens is 3. The number of hydrogen-bond acceptors (Lipinski definition) is 5. The van der Waals surface area contributed by atoms with Crippen LogP contribution in [0, 0.1) is 0 Å². The number of hydrogen-bond donors (Lipinski definition) is 2. The third-order valence-electron chi connectivity index (χ3n) is 3.00. The second-order valence-corrected chi connectivity index (χ2v) is 5.34. The molecule has 0 spiro atoms. The van der Waals surface area contributed by atoms with Gasteiger partial charge >= 0.3 is 0 Å². The van der Waals surface area contributed by atoms with Gasteiger partial charge in [0.1, 0.15) is 11.5 Å². The highest BCUT2D eigenvalue weighted by atomic mass is 32.1. The number of thiophene rings is 1. The average Bonchev–Trinajstić information content (AvgIpc) is 3.17. The number of nitrogens with two attached hydrogens (primary N) is 1. The summed E-state index contributed by atoms with van der Waals surface area (Å²) in [6.07, 6.45) is 5.35. The van der Waals surface area contributed by atoms with Crippen molar-refractivity contribution in [3.05, 3.63) is 59.5 Å². The maximum atomic E-state index is 8.71. The van der Waals surface area contributed by atoms with Crippen LogP contribution in [-0.4, -0.2) is 25.6 Å². The number of nitrogens with zero attached hydrogens (tertiary/aromatic N) is 4. The normalized spacial score (nSPS) is 11.7. The molecule has 106 valence electrons. The van der Waals surface area contributed by atoms with Crippen molar-refractivity contribution in [1.29, 1.82) is 0 Å². The summed E-state index contributed by atoms with van der Waals surface area (Å²) in [5.41, 5.74) is 7.02. The van der Waals surface area contributed by atoms with Crippen molar-refractivity contribution in [3.8, 4) is 10.7 Å². The Morgan fingerprint density at radius 2 is 2.24 bits per heavy atom. The van der Waals surface area contributed by atoms with E-state index in [0.717, 1.165) is 16.3 Å². The van der Waals surface area contributed by atoms with Crippen LogP contribution in [-0.2, 0) is 6.54 Å². The Kier molecular flexibility index (Phi) is 3.65. The maximum Gasteiger partial charge on any atom is 0.188 e. The Balaban J connectivity index is 1.90. The molecule has 0 saturated heterocycles. The van der Waals surface area contributed by atoms with E-state index in [1.54, 1.807) is 29.8 Å². The Morgan fingerprint density at radius 1 is 1.33 bits per heavy atom.